The highest BCUT2D eigenvalue weighted by atomic mass is 16.5. The molecule has 0 spiro atoms. The van der Waals surface area contributed by atoms with Crippen LogP contribution in [0.3, 0.4) is 0 Å². The van der Waals surface area contributed by atoms with Crippen molar-refractivity contribution in [3.63, 3.8) is 0 Å². The van der Waals surface area contributed by atoms with Crippen molar-refractivity contribution < 1.29 is 9.53 Å². The molecule has 7 heteroatoms. The number of fused-ring (bicyclic) bond motifs is 1. The summed E-state index contributed by atoms with van der Waals surface area (Å²) in [5.74, 6) is 1.23. The lowest BCUT2D eigenvalue weighted by Crippen LogP contribution is -2.31. The summed E-state index contributed by atoms with van der Waals surface area (Å²) in [6.07, 6.45) is 2.44. The number of aromatic nitrogens is 3. The van der Waals surface area contributed by atoms with Crippen molar-refractivity contribution in [2.24, 2.45) is 0 Å². The molecule has 2 aromatic carbocycles. The fourth-order valence-corrected chi connectivity index (χ4v) is 3.49. The van der Waals surface area contributed by atoms with Crippen molar-refractivity contribution in [3.8, 4) is 5.75 Å². The Morgan fingerprint density at radius 1 is 1.13 bits per heavy atom. The first kappa shape index (κ1) is 19.7. The van der Waals surface area contributed by atoms with E-state index in [0.29, 0.717) is 18.1 Å². The van der Waals surface area contributed by atoms with E-state index in [9.17, 15) is 4.79 Å². The van der Waals surface area contributed by atoms with Gasteiger partial charge in [0.05, 0.1) is 12.2 Å². The zero-order valence-corrected chi connectivity index (χ0v) is 17.3. The third-order valence-electron chi connectivity index (χ3n) is 5.02. The molecule has 1 atom stereocenters. The van der Waals surface area contributed by atoms with Crippen LogP contribution in [0.2, 0.25) is 0 Å². The second kappa shape index (κ2) is 8.41. The number of rotatable bonds is 6. The molecule has 2 N–H and O–H groups in total. The molecule has 0 bridgehead atoms. The van der Waals surface area contributed by atoms with Crippen LogP contribution in [0.5, 0.6) is 5.75 Å². The number of allylic oxidation sites excluding steroid dienone is 1. The third-order valence-corrected chi connectivity index (χ3v) is 5.02. The Kier molecular flexibility index (Phi) is 5.52. The van der Waals surface area contributed by atoms with E-state index in [1.807, 2.05) is 62.4 Å². The van der Waals surface area contributed by atoms with E-state index in [4.69, 9.17) is 4.74 Å². The number of ether oxygens (including phenoxy) is 1. The molecule has 1 aromatic heterocycles. The Labute approximate surface area is 175 Å². The number of hydrogen-bond acceptors (Lipinski definition) is 5. The van der Waals surface area contributed by atoms with Crippen molar-refractivity contribution in [2.45, 2.75) is 33.2 Å². The summed E-state index contributed by atoms with van der Waals surface area (Å²) in [6.45, 7) is 6.64. The number of nitrogens with one attached hydrogen (secondary N) is 2. The van der Waals surface area contributed by atoms with Gasteiger partial charge in [-0.2, -0.15) is 10.1 Å². The van der Waals surface area contributed by atoms with Gasteiger partial charge in [0.25, 0.3) is 5.91 Å². The Hall–Kier alpha value is -3.61. The van der Waals surface area contributed by atoms with E-state index in [0.717, 1.165) is 34.7 Å². The molecule has 1 amide bonds. The number of anilines is 2. The molecule has 30 heavy (non-hydrogen) atoms. The van der Waals surface area contributed by atoms with Crippen LogP contribution in [0.1, 0.15) is 37.4 Å². The highest BCUT2D eigenvalue weighted by Gasteiger charge is 2.33. The number of nitrogens with zero attached hydrogens (tertiary/aromatic N) is 3. The Morgan fingerprint density at radius 3 is 2.57 bits per heavy atom. The lowest BCUT2D eigenvalue weighted by atomic mass is 9.95. The maximum Gasteiger partial charge on any atom is 0.255 e. The predicted octanol–water partition coefficient (Wildman–Crippen LogP) is 4.30. The van der Waals surface area contributed by atoms with Crippen LogP contribution in [0.4, 0.5) is 11.6 Å². The number of hydrogen-bond donors (Lipinski definition) is 2. The third kappa shape index (κ3) is 3.91. The van der Waals surface area contributed by atoms with Gasteiger partial charge in [-0.3, -0.25) is 4.79 Å². The molecule has 7 nitrogen and oxygen atoms in total. The average molecular weight is 403 g/mol. The summed E-state index contributed by atoms with van der Waals surface area (Å²) in [7, 11) is 0. The zero-order valence-electron chi connectivity index (χ0n) is 17.3. The van der Waals surface area contributed by atoms with Gasteiger partial charge in [0, 0.05) is 11.4 Å². The minimum absolute atomic E-state index is 0.179. The molecule has 0 radical (unpaired) electrons. The van der Waals surface area contributed by atoms with Crippen molar-refractivity contribution in [2.75, 3.05) is 17.2 Å². The predicted molar refractivity (Wildman–Crippen MR) is 117 cm³/mol. The van der Waals surface area contributed by atoms with Gasteiger partial charge in [-0.25, -0.2) is 4.68 Å². The highest BCUT2D eigenvalue weighted by Crippen LogP contribution is 2.35. The minimum Gasteiger partial charge on any atom is -0.494 e. The molecule has 0 fully saturated rings. The van der Waals surface area contributed by atoms with Gasteiger partial charge >= 0.3 is 0 Å². The van der Waals surface area contributed by atoms with Crippen LogP contribution in [-0.2, 0) is 4.79 Å². The summed E-state index contributed by atoms with van der Waals surface area (Å²) in [5.41, 5.74) is 4.16. The largest absolute Gasteiger partial charge is 0.494 e. The molecule has 0 saturated carbocycles. The van der Waals surface area contributed by atoms with Gasteiger partial charge in [-0.1, -0.05) is 36.8 Å². The Bertz CT molecular complexity index is 1070. The van der Waals surface area contributed by atoms with Crippen molar-refractivity contribution in [3.05, 3.63) is 77.3 Å². The number of carbonyl (C=O) groups is 1. The van der Waals surface area contributed by atoms with Crippen LogP contribution >= 0.6 is 0 Å². The molecular formula is C23H25N5O2. The smallest absolute Gasteiger partial charge is 0.255 e. The average Bonchev–Trinajstić information content (AvgIpc) is 3.21. The van der Waals surface area contributed by atoms with Gasteiger partial charge in [-0.15, -0.1) is 0 Å². The minimum atomic E-state index is -0.394. The van der Waals surface area contributed by atoms with Gasteiger partial charge in [0.2, 0.25) is 5.95 Å². The van der Waals surface area contributed by atoms with Gasteiger partial charge in [0.15, 0.2) is 0 Å². The summed E-state index contributed by atoms with van der Waals surface area (Å²) in [5, 5.41) is 10.6. The van der Waals surface area contributed by atoms with E-state index in [1.54, 1.807) is 4.68 Å². The van der Waals surface area contributed by atoms with Crippen LogP contribution in [0.25, 0.3) is 0 Å². The van der Waals surface area contributed by atoms with Gasteiger partial charge < -0.3 is 15.4 Å². The maximum absolute atomic E-state index is 13.3. The van der Waals surface area contributed by atoms with E-state index in [-0.39, 0.29) is 5.91 Å². The molecule has 0 aliphatic carbocycles. The van der Waals surface area contributed by atoms with Crippen molar-refractivity contribution in [1.82, 2.24) is 14.8 Å². The van der Waals surface area contributed by atoms with E-state index in [2.05, 4.69) is 27.6 Å². The number of carbonyl (C=O) groups excluding carboxylic acids is 1. The second-order valence-electron chi connectivity index (χ2n) is 7.33. The summed E-state index contributed by atoms with van der Waals surface area (Å²) >= 11 is 0. The maximum atomic E-state index is 13.3. The number of amides is 1. The fraction of sp³-hybridized carbons (Fsp3) is 0.261. The number of aryl methyl sites for hydroxylation is 1. The highest BCUT2D eigenvalue weighted by molar-refractivity contribution is 6.06. The quantitative estimate of drug-likeness (QED) is 0.641. The first-order valence-corrected chi connectivity index (χ1v) is 10.0. The fourth-order valence-electron chi connectivity index (χ4n) is 3.49. The normalized spacial score (nSPS) is 15.4. The van der Waals surface area contributed by atoms with Crippen LogP contribution in [-0.4, -0.2) is 27.3 Å². The lowest BCUT2D eigenvalue weighted by Gasteiger charge is -2.28. The zero-order chi connectivity index (χ0) is 21.1. The Morgan fingerprint density at radius 2 is 1.87 bits per heavy atom. The van der Waals surface area contributed by atoms with E-state index < -0.39 is 6.04 Å². The standard InChI is InChI=1S/C23H25N5O2/c1-4-13-30-19-11-7-17(8-12-19)21-20(16(3)26-23-24-14-25-28(21)23)22(29)27-18-9-5-15(2)6-10-18/h5-12,14,21H,4,13H2,1-3H3,(H,27,29)(H,24,25,26). The molecule has 3 aromatic rings. The van der Waals surface area contributed by atoms with Gasteiger partial charge in [0.1, 0.15) is 18.1 Å². The molecular weight excluding hydrogens is 378 g/mol. The molecule has 0 saturated heterocycles. The summed E-state index contributed by atoms with van der Waals surface area (Å²) in [4.78, 5) is 17.6. The molecule has 4 rings (SSSR count). The SMILES string of the molecule is CCCOc1ccc(C2C(C(=O)Nc3ccc(C)cc3)=C(C)Nc3ncnn32)cc1. The van der Waals surface area contributed by atoms with Crippen molar-refractivity contribution >= 4 is 17.5 Å². The molecule has 2 heterocycles. The lowest BCUT2D eigenvalue weighted by molar-refractivity contribution is -0.113. The van der Waals surface area contributed by atoms with Crippen LogP contribution < -0.4 is 15.4 Å². The van der Waals surface area contributed by atoms with Crippen LogP contribution in [0.15, 0.2) is 66.1 Å². The molecule has 1 aliphatic rings. The molecule has 1 unspecified atom stereocenters. The summed E-state index contributed by atoms with van der Waals surface area (Å²) in [6, 6.07) is 15.1. The molecule has 154 valence electrons. The Balaban J connectivity index is 1.68. The van der Waals surface area contributed by atoms with Gasteiger partial charge in [-0.05, 0) is 50.1 Å². The number of benzene rings is 2. The van der Waals surface area contributed by atoms with E-state index in [1.165, 1.54) is 6.33 Å². The first-order valence-electron chi connectivity index (χ1n) is 10.0. The van der Waals surface area contributed by atoms with Crippen molar-refractivity contribution in [1.29, 1.82) is 0 Å². The summed E-state index contributed by atoms with van der Waals surface area (Å²) < 4.78 is 7.43. The van der Waals surface area contributed by atoms with E-state index >= 15 is 0 Å². The topological polar surface area (TPSA) is 81.1 Å². The molecule has 1 aliphatic heterocycles. The van der Waals surface area contributed by atoms with Crippen LogP contribution in [0, 0.1) is 6.92 Å². The second-order valence-corrected chi connectivity index (χ2v) is 7.33. The monoisotopic (exact) mass is 403 g/mol. The first-order chi connectivity index (χ1) is 14.6.